The number of unbranched alkanes of at least 4 members (excludes halogenated alkanes) is 5. The van der Waals surface area contributed by atoms with E-state index in [1.807, 2.05) is 54.6 Å². The molecule has 28 heavy (non-hydrogen) atoms. The maximum atomic E-state index is 12.9. The molecule has 3 aromatic rings. The second-order valence-electron chi connectivity index (χ2n) is 7.10. The number of carbonyl (C=O) groups is 1. The third-order valence-corrected chi connectivity index (χ3v) is 5.17. The molecule has 0 radical (unpaired) electrons. The van der Waals surface area contributed by atoms with Gasteiger partial charge in [-0.25, -0.2) is 4.98 Å². The number of hydrogen-bond acceptors (Lipinski definition) is 2. The van der Waals surface area contributed by atoms with Crippen molar-refractivity contribution >= 4 is 28.4 Å². The molecule has 2 aromatic carbocycles. The Hall–Kier alpha value is -2.39. The molecule has 0 aliphatic heterocycles. The smallest absolute Gasteiger partial charge is 0.252 e. The van der Waals surface area contributed by atoms with Crippen LogP contribution >= 0.6 is 11.6 Å². The van der Waals surface area contributed by atoms with Crippen LogP contribution in [0.2, 0.25) is 5.02 Å². The van der Waals surface area contributed by atoms with Gasteiger partial charge >= 0.3 is 0 Å². The third kappa shape index (κ3) is 5.32. The molecule has 146 valence electrons. The molecule has 3 rings (SSSR count). The Morgan fingerprint density at radius 2 is 1.68 bits per heavy atom. The van der Waals surface area contributed by atoms with Crippen LogP contribution in [-0.4, -0.2) is 17.4 Å². The Balaban J connectivity index is 1.75. The highest BCUT2D eigenvalue weighted by Crippen LogP contribution is 2.26. The van der Waals surface area contributed by atoms with Gasteiger partial charge in [-0.3, -0.25) is 4.79 Å². The van der Waals surface area contributed by atoms with Crippen LogP contribution in [0.15, 0.2) is 54.6 Å². The Morgan fingerprint density at radius 3 is 2.46 bits per heavy atom. The first-order valence-electron chi connectivity index (χ1n) is 10.1. The third-order valence-electron chi connectivity index (χ3n) is 4.92. The molecule has 0 saturated heterocycles. The number of fused-ring (bicyclic) bond motifs is 1. The van der Waals surface area contributed by atoms with E-state index in [0.29, 0.717) is 17.1 Å². The lowest BCUT2D eigenvalue weighted by molar-refractivity contribution is 0.0954. The van der Waals surface area contributed by atoms with E-state index in [1.54, 1.807) is 0 Å². The van der Waals surface area contributed by atoms with E-state index in [-0.39, 0.29) is 5.91 Å². The molecule has 4 heteroatoms. The molecule has 0 fully saturated rings. The van der Waals surface area contributed by atoms with Crippen molar-refractivity contribution in [1.82, 2.24) is 10.3 Å². The quantitative estimate of drug-likeness (QED) is 0.413. The van der Waals surface area contributed by atoms with Gasteiger partial charge in [-0.15, -0.1) is 0 Å². The van der Waals surface area contributed by atoms with E-state index in [1.165, 1.54) is 25.7 Å². The van der Waals surface area contributed by atoms with Crippen LogP contribution in [0.4, 0.5) is 0 Å². The summed E-state index contributed by atoms with van der Waals surface area (Å²) in [5.41, 5.74) is 3.21. The number of nitrogens with one attached hydrogen (secondary N) is 1. The molecule has 0 aliphatic rings. The van der Waals surface area contributed by atoms with E-state index < -0.39 is 0 Å². The van der Waals surface area contributed by atoms with Crippen molar-refractivity contribution in [3.05, 3.63) is 65.2 Å². The average molecular weight is 395 g/mol. The molecule has 0 spiro atoms. The van der Waals surface area contributed by atoms with E-state index >= 15 is 0 Å². The summed E-state index contributed by atoms with van der Waals surface area (Å²) in [6.07, 6.45) is 7.24. The van der Waals surface area contributed by atoms with Crippen LogP contribution in [0, 0.1) is 0 Å². The Bertz CT molecular complexity index is 922. The molecule has 0 bridgehead atoms. The molecule has 1 aromatic heterocycles. The van der Waals surface area contributed by atoms with Crippen molar-refractivity contribution in [2.24, 2.45) is 0 Å². The first-order chi connectivity index (χ1) is 13.7. The predicted molar refractivity (Wildman–Crippen MR) is 118 cm³/mol. The predicted octanol–water partition coefficient (Wildman–Crippen LogP) is 6.65. The summed E-state index contributed by atoms with van der Waals surface area (Å²) in [6, 6.07) is 17.2. The van der Waals surface area contributed by atoms with Crippen LogP contribution in [0.3, 0.4) is 0 Å². The Morgan fingerprint density at radius 1 is 0.964 bits per heavy atom. The van der Waals surface area contributed by atoms with Gasteiger partial charge in [0.15, 0.2) is 0 Å². The van der Waals surface area contributed by atoms with Gasteiger partial charge in [-0.2, -0.15) is 0 Å². The summed E-state index contributed by atoms with van der Waals surface area (Å²) < 4.78 is 0. The van der Waals surface area contributed by atoms with Crippen LogP contribution in [-0.2, 0) is 0 Å². The second-order valence-corrected chi connectivity index (χ2v) is 7.54. The lowest BCUT2D eigenvalue weighted by Crippen LogP contribution is -2.24. The molecule has 1 heterocycles. The minimum atomic E-state index is -0.0395. The number of nitrogens with zero attached hydrogens (tertiary/aromatic N) is 1. The fourth-order valence-electron chi connectivity index (χ4n) is 3.33. The monoisotopic (exact) mass is 394 g/mol. The summed E-state index contributed by atoms with van der Waals surface area (Å²) in [6.45, 7) is 2.93. The number of pyridine rings is 1. The standard InChI is InChI=1S/C24H27ClN2O/c1-2-3-4-5-6-9-16-26-24(28)21-17-23(18-12-14-19(25)15-13-18)27-22-11-8-7-10-20(21)22/h7-8,10-15,17H,2-6,9,16H2,1H3,(H,26,28). The lowest BCUT2D eigenvalue weighted by atomic mass is 10.0. The van der Waals surface area contributed by atoms with Crippen molar-refractivity contribution in [3.8, 4) is 11.3 Å². The van der Waals surface area contributed by atoms with Gasteiger partial charge < -0.3 is 5.32 Å². The van der Waals surface area contributed by atoms with Gasteiger partial charge in [0.2, 0.25) is 0 Å². The first kappa shape index (κ1) is 20.3. The molecule has 1 N–H and O–H groups in total. The van der Waals surface area contributed by atoms with Crippen molar-refractivity contribution in [2.45, 2.75) is 45.4 Å². The maximum Gasteiger partial charge on any atom is 0.252 e. The van der Waals surface area contributed by atoms with E-state index in [2.05, 4.69) is 12.2 Å². The Labute approximate surface area is 172 Å². The first-order valence-corrected chi connectivity index (χ1v) is 10.5. The van der Waals surface area contributed by atoms with Gasteiger partial charge in [0.25, 0.3) is 5.91 Å². The van der Waals surface area contributed by atoms with Crippen molar-refractivity contribution < 1.29 is 4.79 Å². The zero-order valence-electron chi connectivity index (χ0n) is 16.4. The molecule has 1 amide bonds. The number of halogens is 1. The summed E-state index contributed by atoms with van der Waals surface area (Å²) in [5, 5.41) is 4.64. The fraction of sp³-hybridized carbons (Fsp3) is 0.333. The zero-order chi connectivity index (χ0) is 19.8. The molecular weight excluding hydrogens is 368 g/mol. The van der Waals surface area contributed by atoms with Gasteiger partial charge in [-0.1, -0.05) is 81.0 Å². The van der Waals surface area contributed by atoms with Gasteiger partial charge in [0.05, 0.1) is 16.8 Å². The summed E-state index contributed by atoms with van der Waals surface area (Å²) in [4.78, 5) is 17.6. The fourth-order valence-corrected chi connectivity index (χ4v) is 3.46. The van der Waals surface area contributed by atoms with Crippen molar-refractivity contribution in [2.75, 3.05) is 6.54 Å². The number of aromatic nitrogens is 1. The van der Waals surface area contributed by atoms with Crippen LogP contribution < -0.4 is 5.32 Å². The highest BCUT2D eigenvalue weighted by Gasteiger charge is 2.13. The maximum absolute atomic E-state index is 12.9. The van der Waals surface area contributed by atoms with E-state index in [9.17, 15) is 4.79 Å². The summed E-state index contributed by atoms with van der Waals surface area (Å²) in [7, 11) is 0. The van der Waals surface area contributed by atoms with Crippen molar-refractivity contribution in [3.63, 3.8) is 0 Å². The largest absolute Gasteiger partial charge is 0.352 e. The molecule has 0 aliphatic carbocycles. The number of carbonyl (C=O) groups excluding carboxylic acids is 1. The zero-order valence-corrected chi connectivity index (χ0v) is 17.1. The minimum Gasteiger partial charge on any atom is -0.352 e. The van der Waals surface area contributed by atoms with Gasteiger partial charge in [0.1, 0.15) is 0 Å². The molecular formula is C24H27ClN2O. The summed E-state index contributed by atoms with van der Waals surface area (Å²) >= 11 is 6.00. The van der Waals surface area contributed by atoms with E-state index in [0.717, 1.165) is 35.0 Å². The topological polar surface area (TPSA) is 42.0 Å². The van der Waals surface area contributed by atoms with Crippen molar-refractivity contribution in [1.29, 1.82) is 0 Å². The minimum absolute atomic E-state index is 0.0395. The molecule has 0 unspecified atom stereocenters. The second kappa shape index (κ2) is 10.2. The lowest BCUT2D eigenvalue weighted by Gasteiger charge is -2.11. The SMILES string of the molecule is CCCCCCCCNC(=O)c1cc(-c2ccc(Cl)cc2)nc2ccccc12. The van der Waals surface area contributed by atoms with Gasteiger partial charge in [0, 0.05) is 22.5 Å². The number of amides is 1. The van der Waals surface area contributed by atoms with Crippen LogP contribution in [0.1, 0.15) is 55.8 Å². The molecule has 3 nitrogen and oxygen atoms in total. The molecule has 0 saturated carbocycles. The average Bonchev–Trinajstić information content (AvgIpc) is 2.72. The van der Waals surface area contributed by atoms with Crippen LogP contribution in [0.5, 0.6) is 0 Å². The Kier molecular flexibility index (Phi) is 7.44. The summed E-state index contributed by atoms with van der Waals surface area (Å²) in [5.74, 6) is -0.0395. The number of para-hydroxylation sites is 1. The van der Waals surface area contributed by atoms with E-state index in [4.69, 9.17) is 16.6 Å². The highest BCUT2D eigenvalue weighted by molar-refractivity contribution is 6.30. The highest BCUT2D eigenvalue weighted by atomic mass is 35.5. The number of rotatable bonds is 9. The van der Waals surface area contributed by atoms with Crippen LogP contribution in [0.25, 0.3) is 22.2 Å². The molecule has 0 atom stereocenters. The number of benzene rings is 2. The number of hydrogen-bond donors (Lipinski definition) is 1. The normalized spacial score (nSPS) is 10.9. The van der Waals surface area contributed by atoms with Gasteiger partial charge in [-0.05, 0) is 30.7 Å².